The minimum absolute atomic E-state index is 0.589. The van der Waals surface area contributed by atoms with Crippen LogP contribution < -0.4 is 10.6 Å². The van der Waals surface area contributed by atoms with E-state index in [1.54, 1.807) is 0 Å². The molecule has 2 aromatic rings. The molecule has 1 aromatic carbocycles. The van der Waals surface area contributed by atoms with E-state index < -0.39 is 0 Å². The molecule has 1 fully saturated rings. The van der Waals surface area contributed by atoms with Crippen LogP contribution >= 0.6 is 22.9 Å². The first-order valence-corrected chi connectivity index (χ1v) is 7.04. The molecule has 3 nitrogen and oxygen atoms in total. The average Bonchev–Trinajstić information content (AvgIpc) is 2.73. The maximum atomic E-state index is 6.15. The molecular formula is C12H14ClN3S. The summed E-state index contributed by atoms with van der Waals surface area (Å²) >= 11 is 7.68. The van der Waals surface area contributed by atoms with E-state index in [0.29, 0.717) is 10.2 Å². The average molecular weight is 268 g/mol. The number of rotatable bonds is 1. The van der Waals surface area contributed by atoms with E-state index in [9.17, 15) is 0 Å². The number of nitrogen functional groups attached to an aromatic ring is 1. The van der Waals surface area contributed by atoms with Crippen LogP contribution in [0.1, 0.15) is 19.3 Å². The SMILES string of the molecule is Nc1nc2c(Cl)ccc(N3CCCCC3)c2s1. The lowest BCUT2D eigenvalue weighted by molar-refractivity contribution is 0.579. The molecule has 5 heteroatoms. The molecule has 0 spiro atoms. The zero-order valence-corrected chi connectivity index (χ0v) is 11.0. The van der Waals surface area contributed by atoms with Gasteiger partial charge in [0.1, 0.15) is 5.52 Å². The minimum Gasteiger partial charge on any atom is -0.375 e. The number of piperidine rings is 1. The highest BCUT2D eigenvalue weighted by Crippen LogP contribution is 2.37. The topological polar surface area (TPSA) is 42.1 Å². The lowest BCUT2D eigenvalue weighted by atomic mass is 10.1. The number of halogens is 1. The third kappa shape index (κ3) is 1.96. The number of nitrogens with zero attached hydrogens (tertiary/aromatic N) is 2. The number of anilines is 2. The van der Waals surface area contributed by atoms with Crippen molar-refractivity contribution in [1.29, 1.82) is 0 Å². The number of hydrogen-bond acceptors (Lipinski definition) is 4. The van der Waals surface area contributed by atoms with Gasteiger partial charge in [-0.1, -0.05) is 22.9 Å². The Bertz CT molecular complexity index is 546. The summed E-state index contributed by atoms with van der Waals surface area (Å²) in [5.74, 6) is 0. The fraction of sp³-hybridized carbons (Fsp3) is 0.417. The van der Waals surface area contributed by atoms with Crippen molar-refractivity contribution in [3.05, 3.63) is 17.2 Å². The van der Waals surface area contributed by atoms with Crippen LogP contribution in [0.25, 0.3) is 10.2 Å². The summed E-state index contributed by atoms with van der Waals surface area (Å²) in [5.41, 5.74) is 7.87. The Morgan fingerprint density at radius 1 is 1.24 bits per heavy atom. The van der Waals surface area contributed by atoms with Crippen molar-refractivity contribution in [2.45, 2.75) is 19.3 Å². The van der Waals surface area contributed by atoms with E-state index in [2.05, 4.69) is 16.0 Å². The summed E-state index contributed by atoms with van der Waals surface area (Å²) in [5, 5.41) is 1.28. The molecule has 0 unspecified atom stereocenters. The molecular weight excluding hydrogens is 254 g/mol. The van der Waals surface area contributed by atoms with Gasteiger partial charge in [-0.25, -0.2) is 4.98 Å². The number of hydrogen-bond donors (Lipinski definition) is 1. The normalized spacial score (nSPS) is 16.6. The molecule has 90 valence electrons. The molecule has 0 saturated carbocycles. The Morgan fingerprint density at radius 2 is 2.00 bits per heavy atom. The van der Waals surface area contributed by atoms with Crippen LogP contribution in [0.5, 0.6) is 0 Å². The molecule has 1 aliphatic heterocycles. The van der Waals surface area contributed by atoms with Crippen LogP contribution in [-0.4, -0.2) is 18.1 Å². The molecule has 0 aliphatic carbocycles. The van der Waals surface area contributed by atoms with Crippen molar-refractivity contribution in [2.75, 3.05) is 23.7 Å². The van der Waals surface area contributed by atoms with Crippen LogP contribution in [0, 0.1) is 0 Å². The second-order valence-electron chi connectivity index (χ2n) is 4.34. The Kier molecular flexibility index (Phi) is 2.84. The van der Waals surface area contributed by atoms with Crippen molar-refractivity contribution in [2.24, 2.45) is 0 Å². The van der Waals surface area contributed by atoms with Crippen molar-refractivity contribution < 1.29 is 0 Å². The quantitative estimate of drug-likeness (QED) is 0.860. The van der Waals surface area contributed by atoms with Crippen LogP contribution in [0.15, 0.2) is 12.1 Å². The van der Waals surface area contributed by atoms with Gasteiger partial charge in [0.05, 0.1) is 15.4 Å². The monoisotopic (exact) mass is 267 g/mol. The summed E-state index contributed by atoms with van der Waals surface area (Å²) < 4.78 is 1.12. The molecule has 0 amide bonds. The van der Waals surface area contributed by atoms with Gasteiger partial charge in [-0.2, -0.15) is 0 Å². The largest absolute Gasteiger partial charge is 0.375 e. The molecule has 1 aliphatic rings. The first-order valence-electron chi connectivity index (χ1n) is 5.85. The van der Waals surface area contributed by atoms with Crippen molar-refractivity contribution in [3.63, 3.8) is 0 Å². The summed E-state index contributed by atoms with van der Waals surface area (Å²) in [6.45, 7) is 2.24. The third-order valence-corrected chi connectivity index (χ3v) is 4.40. The number of benzene rings is 1. The first kappa shape index (κ1) is 11.1. The summed E-state index contributed by atoms with van der Waals surface area (Å²) in [4.78, 5) is 6.72. The van der Waals surface area contributed by atoms with Gasteiger partial charge in [0.25, 0.3) is 0 Å². The number of nitrogens with two attached hydrogens (primary N) is 1. The van der Waals surface area contributed by atoms with Crippen LogP contribution in [0.2, 0.25) is 5.02 Å². The van der Waals surface area contributed by atoms with Gasteiger partial charge in [-0.3, -0.25) is 0 Å². The lowest BCUT2D eigenvalue weighted by Crippen LogP contribution is -2.29. The van der Waals surface area contributed by atoms with Crippen LogP contribution in [0.3, 0.4) is 0 Å². The maximum absolute atomic E-state index is 6.15. The number of thiazole rings is 1. The highest BCUT2D eigenvalue weighted by Gasteiger charge is 2.17. The molecule has 1 saturated heterocycles. The maximum Gasteiger partial charge on any atom is 0.181 e. The van der Waals surface area contributed by atoms with Crippen LogP contribution in [0.4, 0.5) is 10.8 Å². The zero-order valence-electron chi connectivity index (χ0n) is 9.45. The summed E-state index contributed by atoms with van der Waals surface area (Å²) in [7, 11) is 0. The number of fused-ring (bicyclic) bond motifs is 1. The van der Waals surface area contributed by atoms with E-state index in [-0.39, 0.29) is 0 Å². The lowest BCUT2D eigenvalue weighted by Gasteiger charge is -2.29. The molecule has 2 heterocycles. The van der Waals surface area contributed by atoms with E-state index in [0.717, 1.165) is 23.3 Å². The van der Waals surface area contributed by atoms with Gasteiger partial charge in [0, 0.05) is 13.1 Å². The fourth-order valence-electron chi connectivity index (χ4n) is 2.36. The van der Waals surface area contributed by atoms with Gasteiger partial charge in [0.15, 0.2) is 5.13 Å². The highest BCUT2D eigenvalue weighted by molar-refractivity contribution is 7.22. The van der Waals surface area contributed by atoms with Crippen molar-refractivity contribution in [3.8, 4) is 0 Å². The van der Waals surface area contributed by atoms with Gasteiger partial charge < -0.3 is 10.6 Å². The Morgan fingerprint density at radius 3 is 2.76 bits per heavy atom. The Hall–Kier alpha value is -1.00. The molecule has 1 aromatic heterocycles. The molecule has 2 N–H and O–H groups in total. The van der Waals surface area contributed by atoms with Crippen molar-refractivity contribution in [1.82, 2.24) is 4.98 Å². The predicted octanol–water partition coefficient (Wildman–Crippen LogP) is 3.52. The smallest absolute Gasteiger partial charge is 0.181 e. The van der Waals surface area contributed by atoms with E-state index >= 15 is 0 Å². The van der Waals surface area contributed by atoms with Gasteiger partial charge in [0.2, 0.25) is 0 Å². The molecule has 0 atom stereocenters. The molecule has 0 radical (unpaired) electrons. The predicted molar refractivity (Wildman–Crippen MR) is 75.1 cm³/mol. The summed E-state index contributed by atoms with van der Waals surface area (Å²) in [6, 6.07) is 4.01. The van der Waals surface area contributed by atoms with E-state index in [1.807, 2.05) is 6.07 Å². The molecule has 3 rings (SSSR count). The highest BCUT2D eigenvalue weighted by atomic mass is 35.5. The van der Waals surface area contributed by atoms with Crippen LogP contribution in [-0.2, 0) is 0 Å². The Labute approximate surface area is 109 Å². The van der Waals surface area contributed by atoms with Gasteiger partial charge in [-0.05, 0) is 31.4 Å². The second kappa shape index (κ2) is 4.35. The Balaban J connectivity index is 2.12. The van der Waals surface area contributed by atoms with Gasteiger partial charge >= 0.3 is 0 Å². The van der Waals surface area contributed by atoms with Gasteiger partial charge in [-0.15, -0.1) is 0 Å². The molecule has 17 heavy (non-hydrogen) atoms. The third-order valence-electron chi connectivity index (χ3n) is 3.19. The van der Waals surface area contributed by atoms with E-state index in [1.165, 1.54) is 36.3 Å². The standard InChI is InChI=1S/C12H14ClN3S/c13-8-4-5-9(16-6-2-1-3-7-16)11-10(8)15-12(14)17-11/h4-5H,1-3,6-7H2,(H2,14,15). The number of aromatic nitrogens is 1. The second-order valence-corrected chi connectivity index (χ2v) is 5.78. The fourth-order valence-corrected chi connectivity index (χ4v) is 3.52. The zero-order chi connectivity index (χ0) is 11.8. The minimum atomic E-state index is 0.589. The van der Waals surface area contributed by atoms with E-state index in [4.69, 9.17) is 17.3 Å². The van der Waals surface area contributed by atoms with Crippen molar-refractivity contribution >= 4 is 44.0 Å². The summed E-state index contributed by atoms with van der Waals surface area (Å²) in [6.07, 6.45) is 3.86. The molecule has 0 bridgehead atoms. The first-order chi connectivity index (χ1) is 8.25.